The molecule has 0 bridgehead atoms. The molecule has 0 heterocycles. The number of carboxylic acids is 2. The van der Waals surface area contributed by atoms with Crippen molar-refractivity contribution in [1.82, 2.24) is 0 Å². The second kappa shape index (κ2) is 12.0. The van der Waals surface area contributed by atoms with Gasteiger partial charge in [0, 0.05) is 11.4 Å². The van der Waals surface area contributed by atoms with Crippen LogP contribution in [0.2, 0.25) is 0 Å². The van der Waals surface area contributed by atoms with Crippen LogP contribution in [0.5, 0.6) is 0 Å². The van der Waals surface area contributed by atoms with E-state index in [-0.39, 0.29) is 86.6 Å². The molecule has 0 saturated carbocycles. The van der Waals surface area contributed by atoms with Gasteiger partial charge < -0.3 is 31.3 Å². The fourth-order valence-corrected chi connectivity index (χ4v) is 1.24. The second-order valence-corrected chi connectivity index (χ2v) is 3.82. The van der Waals surface area contributed by atoms with Crippen LogP contribution < -0.4 is 21.7 Å². The molecule has 4 N–H and O–H groups in total. The molecule has 2 aromatic carbocycles. The molecule has 0 saturated heterocycles. The Bertz CT molecular complexity index is 546. The minimum atomic E-state index is -1.18. The van der Waals surface area contributed by atoms with Gasteiger partial charge in [-0.1, -0.05) is 24.3 Å². The summed E-state index contributed by atoms with van der Waals surface area (Å²) in [5.41, 5.74) is 12.0. The van der Waals surface area contributed by atoms with Crippen LogP contribution in [0.1, 0.15) is 20.7 Å². The van der Waals surface area contributed by atoms with Crippen LogP contribution in [0.4, 0.5) is 11.4 Å². The first-order valence-corrected chi connectivity index (χ1v) is 5.54. The van der Waals surface area contributed by atoms with Gasteiger partial charge in [0.25, 0.3) is 0 Å². The first kappa shape index (κ1) is 23.8. The van der Waals surface area contributed by atoms with Gasteiger partial charge in [-0.3, -0.25) is 0 Å². The minimum absolute atomic E-state index is 0. The van der Waals surface area contributed by atoms with Crippen LogP contribution in [0.15, 0.2) is 48.5 Å². The SMILES string of the molecule is Nc1ccc(C(=O)[O-])cc1.Nc1ccc(C(=O)[O-])cc1.[Ca+2].[Ca+2]. The van der Waals surface area contributed by atoms with Gasteiger partial charge in [0.15, 0.2) is 0 Å². The predicted molar refractivity (Wildman–Crippen MR) is 81.9 cm³/mol. The van der Waals surface area contributed by atoms with Crippen molar-refractivity contribution in [1.29, 1.82) is 0 Å². The molecule has 0 atom stereocenters. The van der Waals surface area contributed by atoms with E-state index in [1.807, 2.05) is 0 Å². The Hall–Kier alpha value is -0.501. The van der Waals surface area contributed by atoms with Crippen molar-refractivity contribution in [2.75, 3.05) is 11.5 Å². The van der Waals surface area contributed by atoms with E-state index in [0.29, 0.717) is 11.4 Å². The topological polar surface area (TPSA) is 132 Å². The molecular weight excluding hydrogens is 340 g/mol. The molecule has 0 fully saturated rings. The third-order valence-electron chi connectivity index (χ3n) is 2.29. The maximum absolute atomic E-state index is 10.2. The van der Waals surface area contributed by atoms with Crippen molar-refractivity contribution in [2.24, 2.45) is 0 Å². The molecule has 0 aliphatic rings. The third-order valence-corrected chi connectivity index (χ3v) is 2.29. The van der Waals surface area contributed by atoms with Crippen molar-refractivity contribution in [3.8, 4) is 0 Å². The number of rotatable bonds is 2. The Kier molecular flexibility index (Phi) is 12.9. The number of hydrogen-bond donors (Lipinski definition) is 2. The Morgan fingerprint density at radius 3 is 1.05 bits per heavy atom. The second-order valence-electron chi connectivity index (χ2n) is 3.82. The Morgan fingerprint density at radius 2 is 0.864 bits per heavy atom. The van der Waals surface area contributed by atoms with E-state index >= 15 is 0 Å². The normalized spacial score (nSPS) is 8.36. The van der Waals surface area contributed by atoms with Crippen LogP contribution in [0.25, 0.3) is 0 Å². The number of aromatic carboxylic acids is 2. The number of carbonyl (C=O) groups excluding carboxylic acids is 2. The monoisotopic (exact) mass is 352 g/mol. The van der Waals surface area contributed by atoms with Gasteiger partial charge >= 0.3 is 75.5 Å². The molecule has 2 aromatic rings. The summed E-state index contributed by atoms with van der Waals surface area (Å²) in [7, 11) is 0. The van der Waals surface area contributed by atoms with Crippen molar-refractivity contribution < 1.29 is 19.8 Å². The first-order chi connectivity index (χ1) is 9.40. The zero-order valence-corrected chi connectivity index (χ0v) is 16.2. The Labute approximate surface area is 187 Å². The summed E-state index contributed by atoms with van der Waals surface area (Å²) >= 11 is 0. The molecule has 6 nitrogen and oxygen atoms in total. The van der Waals surface area contributed by atoms with E-state index in [1.165, 1.54) is 48.5 Å². The molecule has 0 spiro atoms. The maximum atomic E-state index is 10.2. The van der Waals surface area contributed by atoms with Crippen LogP contribution in [0.3, 0.4) is 0 Å². The van der Waals surface area contributed by atoms with Gasteiger partial charge in [-0.2, -0.15) is 0 Å². The number of nitrogens with two attached hydrogens (primary N) is 2. The van der Waals surface area contributed by atoms with E-state index < -0.39 is 11.9 Å². The summed E-state index contributed by atoms with van der Waals surface area (Å²) < 4.78 is 0. The van der Waals surface area contributed by atoms with Gasteiger partial charge in [0.1, 0.15) is 0 Å². The fraction of sp³-hybridized carbons (Fsp3) is 0. The summed E-state index contributed by atoms with van der Waals surface area (Å²) in [6.07, 6.45) is 0. The Balaban J connectivity index is 0. The first-order valence-electron chi connectivity index (χ1n) is 5.54. The van der Waals surface area contributed by atoms with Crippen molar-refractivity contribution in [3.63, 3.8) is 0 Å². The van der Waals surface area contributed by atoms with E-state index in [4.69, 9.17) is 11.5 Å². The van der Waals surface area contributed by atoms with Crippen LogP contribution in [0, 0.1) is 0 Å². The molecule has 0 unspecified atom stereocenters. The quantitative estimate of drug-likeness (QED) is 0.499. The van der Waals surface area contributed by atoms with E-state index in [1.54, 1.807) is 0 Å². The van der Waals surface area contributed by atoms with Gasteiger partial charge in [-0.25, -0.2) is 0 Å². The van der Waals surface area contributed by atoms with Gasteiger partial charge in [0.2, 0.25) is 0 Å². The molecule has 0 amide bonds. The number of carboxylic acid groups (broad SMARTS) is 2. The maximum Gasteiger partial charge on any atom is 2.00 e. The van der Waals surface area contributed by atoms with Gasteiger partial charge in [0.05, 0.1) is 11.9 Å². The predicted octanol–water partition coefficient (Wildman–Crippen LogP) is -1.50. The summed E-state index contributed by atoms with van der Waals surface area (Å²) in [6, 6.07) is 11.7. The molecule has 0 radical (unpaired) electrons. The van der Waals surface area contributed by atoms with Crippen LogP contribution >= 0.6 is 0 Å². The molecule has 0 aliphatic heterocycles. The molecule has 8 heteroatoms. The van der Waals surface area contributed by atoms with Crippen molar-refractivity contribution >= 4 is 98.8 Å². The van der Waals surface area contributed by atoms with Gasteiger partial charge in [-0.15, -0.1) is 0 Å². The van der Waals surface area contributed by atoms with Crippen LogP contribution in [-0.4, -0.2) is 87.4 Å². The van der Waals surface area contributed by atoms with Crippen molar-refractivity contribution in [3.05, 3.63) is 59.7 Å². The third kappa shape index (κ3) is 8.82. The smallest absolute Gasteiger partial charge is 0.545 e. The largest absolute Gasteiger partial charge is 2.00 e. The number of carbonyl (C=O) groups is 2. The van der Waals surface area contributed by atoms with E-state index in [2.05, 4.69) is 0 Å². The number of benzene rings is 2. The molecule has 22 heavy (non-hydrogen) atoms. The molecule has 0 aliphatic carbocycles. The molecular formula is C14H12Ca2N2O4+2. The zero-order chi connectivity index (χ0) is 15.1. The Morgan fingerprint density at radius 1 is 0.636 bits per heavy atom. The average Bonchev–Trinajstić information content (AvgIpc) is 2.40. The number of anilines is 2. The summed E-state index contributed by atoms with van der Waals surface area (Å²) in [5, 5.41) is 20.3. The zero-order valence-electron chi connectivity index (χ0n) is 11.8. The standard InChI is InChI=1S/2C7H7NO2.2Ca/c2*8-6-3-1-5(2-4-6)7(9)10;;/h2*1-4H,8H2,(H,9,10);;/q;;2*+2/p-2. The van der Waals surface area contributed by atoms with E-state index in [9.17, 15) is 19.8 Å². The molecule has 2 rings (SSSR count). The minimum Gasteiger partial charge on any atom is -0.545 e. The van der Waals surface area contributed by atoms with Crippen molar-refractivity contribution in [2.45, 2.75) is 0 Å². The molecule has 0 aromatic heterocycles. The fourth-order valence-electron chi connectivity index (χ4n) is 1.24. The summed E-state index contributed by atoms with van der Waals surface area (Å²) in [5.74, 6) is -2.36. The number of nitrogen functional groups attached to an aromatic ring is 2. The van der Waals surface area contributed by atoms with Gasteiger partial charge in [-0.05, 0) is 35.4 Å². The molecule has 104 valence electrons. The average molecular weight is 352 g/mol. The number of hydrogen-bond acceptors (Lipinski definition) is 6. The summed E-state index contributed by atoms with van der Waals surface area (Å²) in [4.78, 5) is 20.3. The van der Waals surface area contributed by atoms with Crippen LogP contribution in [-0.2, 0) is 0 Å². The van der Waals surface area contributed by atoms with E-state index in [0.717, 1.165) is 0 Å². The summed E-state index contributed by atoms with van der Waals surface area (Å²) in [6.45, 7) is 0.